The van der Waals surface area contributed by atoms with Crippen molar-refractivity contribution in [3.63, 3.8) is 0 Å². The van der Waals surface area contributed by atoms with E-state index in [9.17, 15) is 4.79 Å². The van der Waals surface area contributed by atoms with Gasteiger partial charge in [0.25, 0.3) is 0 Å². The van der Waals surface area contributed by atoms with Gasteiger partial charge < -0.3 is 16.2 Å². The molecule has 4 nitrogen and oxygen atoms in total. The van der Waals surface area contributed by atoms with Crippen LogP contribution in [0.4, 0.5) is 11.4 Å². The van der Waals surface area contributed by atoms with E-state index in [1.165, 1.54) is 6.07 Å². The Kier molecular flexibility index (Phi) is 4.17. The third-order valence-corrected chi connectivity index (χ3v) is 2.67. The van der Waals surface area contributed by atoms with Crippen molar-refractivity contribution in [1.82, 2.24) is 0 Å². The molecule has 0 heterocycles. The molecule has 1 aromatic carbocycles. The van der Waals surface area contributed by atoms with Crippen molar-refractivity contribution in [2.24, 2.45) is 5.92 Å². The van der Waals surface area contributed by atoms with Gasteiger partial charge in [-0.2, -0.15) is 0 Å². The normalized spacial score (nSPS) is 12.1. The lowest BCUT2D eigenvalue weighted by atomic mass is 10.1. The van der Waals surface area contributed by atoms with Crippen LogP contribution in [0.15, 0.2) is 18.2 Å². The molecule has 4 N–H and O–H groups in total. The molecule has 1 aromatic rings. The number of anilines is 2. The number of rotatable bonds is 5. The largest absolute Gasteiger partial charge is 0.478 e. The molecule has 0 bridgehead atoms. The molecule has 0 spiro atoms. The standard InChI is InChI=1S/C12H18N2O2/c1-3-8(2)7-14-10-6-4-5-9(11(10)13)12(15)16/h4-6,8,14H,3,7,13H2,1-2H3,(H,15,16). The lowest BCUT2D eigenvalue weighted by Gasteiger charge is -2.14. The van der Waals surface area contributed by atoms with E-state index in [0.29, 0.717) is 17.3 Å². The molecule has 1 atom stereocenters. The number of nitrogen functional groups attached to an aromatic ring is 1. The Balaban J connectivity index is 2.81. The van der Waals surface area contributed by atoms with Crippen LogP contribution in [0.1, 0.15) is 30.6 Å². The summed E-state index contributed by atoms with van der Waals surface area (Å²) in [6, 6.07) is 5.00. The zero-order valence-electron chi connectivity index (χ0n) is 9.66. The fourth-order valence-electron chi connectivity index (χ4n) is 1.33. The fraction of sp³-hybridized carbons (Fsp3) is 0.417. The molecule has 88 valence electrons. The van der Waals surface area contributed by atoms with Crippen LogP contribution < -0.4 is 11.1 Å². The highest BCUT2D eigenvalue weighted by molar-refractivity contribution is 5.97. The van der Waals surface area contributed by atoms with Crippen molar-refractivity contribution < 1.29 is 9.90 Å². The molecule has 0 saturated heterocycles. The van der Waals surface area contributed by atoms with Gasteiger partial charge in [-0.05, 0) is 18.1 Å². The Morgan fingerprint density at radius 2 is 2.25 bits per heavy atom. The maximum atomic E-state index is 10.9. The second-order valence-corrected chi connectivity index (χ2v) is 3.97. The van der Waals surface area contributed by atoms with Gasteiger partial charge in [-0.3, -0.25) is 0 Å². The SMILES string of the molecule is CCC(C)CNc1cccc(C(=O)O)c1N. The summed E-state index contributed by atoms with van der Waals surface area (Å²) in [6.07, 6.45) is 1.07. The second kappa shape index (κ2) is 5.39. The topological polar surface area (TPSA) is 75.3 Å². The Bertz CT molecular complexity index is 377. The third-order valence-electron chi connectivity index (χ3n) is 2.67. The Morgan fingerprint density at radius 3 is 2.81 bits per heavy atom. The summed E-state index contributed by atoms with van der Waals surface area (Å²) in [5, 5.41) is 12.1. The van der Waals surface area contributed by atoms with E-state index in [0.717, 1.165) is 13.0 Å². The number of hydrogen-bond acceptors (Lipinski definition) is 3. The van der Waals surface area contributed by atoms with Gasteiger partial charge in [-0.1, -0.05) is 26.3 Å². The lowest BCUT2D eigenvalue weighted by molar-refractivity contribution is 0.0698. The highest BCUT2D eigenvalue weighted by Gasteiger charge is 2.10. The number of nitrogens with two attached hydrogens (primary N) is 1. The molecule has 0 aliphatic heterocycles. The molecule has 1 rings (SSSR count). The molecule has 1 unspecified atom stereocenters. The van der Waals surface area contributed by atoms with Gasteiger partial charge in [0, 0.05) is 6.54 Å². The minimum atomic E-state index is -0.996. The molecule has 0 saturated carbocycles. The smallest absolute Gasteiger partial charge is 0.337 e. The van der Waals surface area contributed by atoms with Crippen LogP contribution in [0, 0.1) is 5.92 Å². The molecule has 4 heteroatoms. The number of nitrogens with one attached hydrogen (secondary N) is 1. The van der Waals surface area contributed by atoms with Crippen molar-refractivity contribution in [1.29, 1.82) is 0 Å². The summed E-state index contributed by atoms with van der Waals surface area (Å²) in [7, 11) is 0. The molecule has 0 aliphatic carbocycles. The minimum Gasteiger partial charge on any atom is -0.478 e. The summed E-state index contributed by atoms with van der Waals surface area (Å²) >= 11 is 0. The number of para-hydroxylation sites is 1. The van der Waals surface area contributed by atoms with E-state index >= 15 is 0 Å². The zero-order valence-corrected chi connectivity index (χ0v) is 9.66. The van der Waals surface area contributed by atoms with Crippen LogP contribution in [0.3, 0.4) is 0 Å². The molecule has 0 fully saturated rings. The molecular formula is C12H18N2O2. The number of benzene rings is 1. The van der Waals surface area contributed by atoms with Gasteiger partial charge in [-0.25, -0.2) is 4.79 Å². The van der Waals surface area contributed by atoms with Crippen molar-refractivity contribution in [2.45, 2.75) is 20.3 Å². The van der Waals surface area contributed by atoms with Gasteiger partial charge in [0.15, 0.2) is 0 Å². The first-order valence-corrected chi connectivity index (χ1v) is 5.41. The number of carboxylic acids is 1. The average molecular weight is 222 g/mol. The van der Waals surface area contributed by atoms with Crippen molar-refractivity contribution in [3.05, 3.63) is 23.8 Å². The predicted octanol–water partition coefficient (Wildman–Crippen LogP) is 2.43. The van der Waals surface area contributed by atoms with Crippen LogP contribution in [-0.4, -0.2) is 17.6 Å². The van der Waals surface area contributed by atoms with E-state index < -0.39 is 5.97 Å². The molecule has 0 radical (unpaired) electrons. The molecule has 0 amide bonds. The van der Waals surface area contributed by atoms with E-state index in [1.54, 1.807) is 12.1 Å². The van der Waals surface area contributed by atoms with Crippen LogP contribution in [0.2, 0.25) is 0 Å². The van der Waals surface area contributed by atoms with Crippen molar-refractivity contribution >= 4 is 17.3 Å². The zero-order chi connectivity index (χ0) is 12.1. The van der Waals surface area contributed by atoms with Gasteiger partial charge in [-0.15, -0.1) is 0 Å². The van der Waals surface area contributed by atoms with Gasteiger partial charge in [0.2, 0.25) is 0 Å². The average Bonchev–Trinajstić information content (AvgIpc) is 2.26. The maximum Gasteiger partial charge on any atom is 0.337 e. The minimum absolute atomic E-state index is 0.147. The van der Waals surface area contributed by atoms with Crippen LogP contribution in [0.25, 0.3) is 0 Å². The first-order chi connectivity index (χ1) is 7.56. The van der Waals surface area contributed by atoms with Crippen LogP contribution in [0.5, 0.6) is 0 Å². The quantitative estimate of drug-likeness (QED) is 0.669. The summed E-state index contributed by atoms with van der Waals surface area (Å²) in [5.41, 5.74) is 6.91. The number of carboxylic acid groups (broad SMARTS) is 1. The fourth-order valence-corrected chi connectivity index (χ4v) is 1.33. The molecule has 0 aromatic heterocycles. The van der Waals surface area contributed by atoms with Gasteiger partial charge in [0.05, 0.1) is 16.9 Å². The highest BCUT2D eigenvalue weighted by atomic mass is 16.4. The Labute approximate surface area is 95.5 Å². The van der Waals surface area contributed by atoms with Crippen LogP contribution >= 0.6 is 0 Å². The second-order valence-electron chi connectivity index (χ2n) is 3.97. The summed E-state index contributed by atoms with van der Waals surface area (Å²) in [5.74, 6) is -0.461. The van der Waals surface area contributed by atoms with E-state index in [2.05, 4.69) is 19.2 Å². The van der Waals surface area contributed by atoms with Crippen molar-refractivity contribution in [3.8, 4) is 0 Å². The molecule has 16 heavy (non-hydrogen) atoms. The summed E-state index contributed by atoms with van der Waals surface area (Å²) < 4.78 is 0. The van der Waals surface area contributed by atoms with E-state index in [4.69, 9.17) is 10.8 Å². The Morgan fingerprint density at radius 1 is 1.56 bits per heavy atom. The maximum absolute atomic E-state index is 10.9. The first-order valence-electron chi connectivity index (χ1n) is 5.41. The monoisotopic (exact) mass is 222 g/mol. The number of carbonyl (C=O) groups is 1. The van der Waals surface area contributed by atoms with Gasteiger partial charge in [0.1, 0.15) is 0 Å². The van der Waals surface area contributed by atoms with Crippen molar-refractivity contribution in [2.75, 3.05) is 17.6 Å². The third kappa shape index (κ3) is 2.89. The molecular weight excluding hydrogens is 204 g/mol. The highest BCUT2D eigenvalue weighted by Crippen LogP contribution is 2.23. The Hall–Kier alpha value is -1.71. The first kappa shape index (κ1) is 12.4. The number of hydrogen-bond donors (Lipinski definition) is 3. The van der Waals surface area contributed by atoms with Gasteiger partial charge >= 0.3 is 5.97 Å². The summed E-state index contributed by atoms with van der Waals surface area (Å²) in [4.78, 5) is 10.9. The number of aromatic carboxylic acids is 1. The lowest BCUT2D eigenvalue weighted by Crippen LogP contribution is -2.13. The predicted molar refractivity (Wildman–Crippen MR) is 65.8 cm³/mol. The van der Waals surface area contributed by atoms with E-state index in [1.807, 2.05) is 0 Å². The molecule has 0 aliphatic rings. The van der Waals surface area contributed by atoms with Crippen LogP contribution in [-0.2, 0) is 0 Å². The van der Waals surface area contributed by atoms with E-state index in [-0.39, 0.29) is 5.56 Å². The summed E-state index contributed by atoms with van der Waals surface area (Å²) in [6.45, 7) is 5.04.